The molecule has 1 saturated carbocycles. The molecule has 1 aliphatic heterocycles. The molecule has 1 saturated heterocycles. The maximum absolute atomic E-state index is 11.0. The highest BCUT2D eigenvalue weighted by Gasteiger charge is 2.43. The first-order valence-corrected chi connectivity index (χ1v) is 6.36. The Morgan fingerprint density at radius 3 is 2.88 bits per heavy atom. The lowest BCUT2D eigenvalue weighted by Gasteiger charge is -2.29. The molecule has 16 heavy (non-hydrogen) atoms. The maximum Gasteiger partial charge on any atom is 0.305 e. The minimum atomic E-state index is -0.679. The third-order valence-corrected chi connectivity index (χ3v) is 3.69. The van der Waals surface area contributed by atoms with Crippen LogP contribution in [0.4, 0.5) is 0 Å². The Morgan fingerprint density at radius 1 is 1.56 bits per heavy atom. The standard InChI is InChI=1S/C12H22N2O2/c1-2-6-13-12(8-11(15)16)5-7-14(9-12)10-3-4-10/h10,13H,2-9H2,1H3,(H,15,16). The summed E-state index contributed by atoms with van der Waals surface area (Å²) < 4.78 is 0. The van der Waals surface area contributed by atoms with Gasteiger partial charge in [0.2, 0.25) is 0 Å². The average molecular weight is 226 g/mol. The van der Waals surface area contributed by atoms with Crippen molar-refractivity contribution in [1.82, 2.24) is 10.2 Å². The molecule has 1 atom stereocenters. The first kappa shape index (κ1) is 11.9. The number of rotatable bonds is 6. The van der Waals surface area contributed by atoms with Crippen LogP contribution in [0.15, 0.2) is 0 Å². The van der Waals surface area contributed by atoms with Gasteiger partial charge in [-0.15, -0.1) is 0 Å². The van der Waals surface area contributed by atoms with Crippen LogP contribution in [0.2, 0.25) is 0 Å². The highest BCUT2D eigenvalue weighted by molar-refractivity contribution is 5.68. The van der Waals surface area contributed by atoms with Gasteiger partial charge in [0.15, 0.2) is 0 Å². The van der Waals surface area contributed by atoms with Crippen LogP contribution in [0.25, 0.3) is 0 Å². The number of hydrogen-bond acceptors (Lipinski definition) is 3. The van der Waals surface area contributed by atoms with E-state index in [9.17, 15) is 4.79 Å². The molecule has 0 amide bonds. The number of nitrogens with one attached hydrogen (secondary N) is 1. The van der Waals surface area contributed by atoms with E-state index in [1.807, 2.05) is 0 Å². The zero-order valence-electron chi connectivity index (χ0n) is 10.0. The van der Waals surface area contributed by atoms with E-state index in [4.69, 9.17) is 5.11 Å². The van der Waals surface area contributed by atoms with E-state index in [2.05, 4.69) is 17.1 Å². The summed E-state index contributed by atoms with van der Waals surface area (Å²) in [6, 6.07) is 0.749. The summed E-state index contributed by atoms with van der Waals surface area (Å²) in [6.45, 7) is 5.03. The lowest BCUT2D eigenvalue weighted by atomic mass is 9.94. The SMILES string of the molecule is CCCNC1(CC(=O)O)CCN(C2CC2)C1. The molecular formula is C12H22N2O2. The van der Waals surface area contributed by atoms with Crippen LogP contribution >= 0.6 is 0 Å². The number of carboxylic acid groups (broad SMARTS) is 1. The summed E-state index contributed by atoms with van der Waals surface area (Å²) in [7, 11) is 0. The fourth-order valence-corrected chi connectivity index (χ4v) is 2.69. The summed E-state index contributed by atoms with van der Waals surface area (Å²) in [5, 5.41) is 12.5. The molecule has 0 aromatic carbocycles. The minimum Gasteiger partial charge on any atom is -0.481 e. The van der Waals surface area contributed by atoms with Gasteiger partial charge in [0.1, 0.15) is 0 Å². The van der Waals surface area contributed by atoms with E-state index in [1.54, 1.807) is 0 Å². The normalized spacial score (nSPS) is 30.8. The van der Waals surface area contributed by atoms with Crippen molar-refractivity contribution in [3.8, 4) is 0 Å². The Hall–Kier alpha value is -0.610. The first-order valence-electron chi connectivity index (χ1n) is 6.36. The Morgan fingerprint density at radius 2 is 2.31 bits per heavy atom. The third-order valence-electron chi connectivity index (χ3n) is 3.69. The summed E-state index contributed by atoms with van der Waals surface area (Å²) in [4.78, 5) is 13.4. The van der Waals surface area contributed by atoms with Gasteiger partial charge in [0, 0.05) is 24.7 Å². The number of carbonyl (C=O) groups is 1. The van der Waals surface area contributed by atoms with Gasteiger partial charge in [0.05, 0.1) is 6.42 Å². The molecule has 0 spiro atoms. The van der Waals surface area contributed by atoms with Gasteiger partial charge >= 0.3 is 5.97 Å². The van der Waals surface area contributed by atoms with E-state index in [1.165, 1.54) is 12.8 Å². The second-order valence-electron chi connectivity index (χ2n) is 5.23. The Labute approximate surface area is 97.0 Å². The summed E-state index contributed by atoms with van der Waals surface area (Å²) in [5.74, 6) is -0.679. The molecule has 0 radical (unpaired) electrons. The van der Waals surface area contributed by atoms with Crippen LogP contribution in [0, 0.1) is 0 Å². The molecule has 2 N–H and O–H groups in total. The lowest BCUT2D eigenvalue weighted by Crippen LogP contribution is -2.49. The van der Waals surface area contributed by atoms with Crippen LogP contribution in [0.1, 0.15) is 39.0 Å². The van der Waals surface area contributed by atoms with Gasteiger partial charge in [0.25, 0.3) is 0 Å². The predicted molar refractivity (Wildman–Crippen MR) is 62.5 cm³/mol. The van der Waals surface area contributed by atoms with Crippen molar-refractivity contribution in [3.63, 3.8) is 0 Å². The van der Waals surface area contributed by atoms with Crippen molar-refractivity contribution in [2.24, 2.45) is 0 Å². The molecule has 1 unspecified atom stereocenters. The number of aliphatic carboxylic acids is 1. The zero-order chi connectivity index (χ0) is 11.6. The molecule has 92 valence electrons. The monoisotopic (exact) mass is 226 g/mol. The number of hydrogen-bond donors (Lipinski definition) is 2. The van der Waals surface area contributed by atoms with Crippen molar-refractivity contribution in [2.45, 2.75) is 50.6 Å². The average Bonchev–Trinajstić information content (AvgIpc) is 2.99. The van der Waals surface area contributed by atoms with Gasteiger partial charge in [-0.05, 0) is 32.2 Å². The van der Waals surface area contributed by atoms with Crippen LogP contribution in [0.5, 0.6) is 0 Å². The molecule has 4 nitrogen and oxygen atoms in total. The Balaban J connectivity index is 1.94. The molecule has 0 aromatic heterocycles. The first-order chi connectivity index (χ1) is 7.65. The molecule has 2 fully saturated rings. The van der Waals surface area contributed by atoms with Crippen LogP contribution in [-0.4, -0.2) is 47.2 Å². The van der Waals surface area contributed by atoms with E-state index in [0.29, 0.717) is 0 Å². The third kappa shape index (κ3) is 2.74. The molecule has 2 rings (SSSR count). The molecule has 4 heteroatoms. The topological polar surface area (TPSA) is 52.6 Å². The van der Waals surface area contributed by atoms with Gasteiger partial charge < -0.3 is 10.4 Å². The van der Waals surface area contributed by atoms with Crippen molar-refractivity contribution >= 4 is 5.97 Å². The number of nitrogens with zero attached hydrogens (tertiary/aromatic N) is 1. The van der Waals surface area contributed by atoms with E-state index in [-0.39, 0.29) is 12.0 Å². The van der Waals surface area contributed by atoms with Crippen LogP contribution < -0.4 is 5.32 Å². The van der Waals surface area contributed by atoms with Crippen molar-refractivity contribution in [3.05, 3.63) is 0 Å². The van der Waals surface area contributed by atoms with Crippen molar-refractivity contribution < 1.29 is 9.90 Å². The fourth-order valence-electron chi connectivity index (χ4n) is 2.69. The maximum atomic E-state index is 11.0. The largest absolute Gasteiger partial charge is 0.481 e. The zero-order valence-corrected chi connectivity index (χ0v) is 10.0. The van der Waals surface area contributed by atoms with Gasteiger partial charge in [-0.1, -0.05) is 6.92 Å². The lowest BCUT2D eigenvalue weighted by molar-refractivity contribution is -0.138. The van der Waals surface area contributed by atoms with Gasteiger partial charge in [-0.3, -0.25) is 9.69 Å². The molecule has 2 aliphatic rings. The number of carboxylic acids is 1. The highest BCUT2D eigenvalue weighted by atomic mass is 16.4. The summed E-state index contributed by atoms with van der Waals surface area (Å²) >= 11 is 0. The van der Waals surface area contributed by atoms with E-state index >= 15 is 0 Å². The predicted octanol–water partition coefficient (Wildman–Crippen LogP) is 1.07. The Kier molecular flexibility index (Phi) is 3.50. The molecule has 0 aromatic rings. The second-order valence-corrected chi connectivity index (χ2v) is 5.23. The Bertz CT molecular complexity index is 266. The van der Waals surface area contributed by atoms with Crippen LogP contribution in [-0.2, 0) is 4.79 Å². The number of likely N-dealkylation sites (tertiary alicyclic amines) is 1. The van der Waals surface area contributed by atoms with Crippen molar-refractivity contribution in [1.29, 1.82) is 0 Å². The van der Waals surface area contributed by atoms with Crippen molar-refractivity contribution in [2.75, 3.05) is 19.6 Å². The van der Waals surface area contributed by atoms with E-state index in [0.717, 1.165) is 38.5 Å². The highest BCUT2D eigenvalue weighted by Crippen LogP contribution is 2.34. The molecular weight excluding hydrogens is 204 g/mol. The fraction of sp³-hybridized carbons (Fsp3) is 0.917. The summed E-state index contributed by atoms with van der Waals surface area (Å²) in [5.41, 5.74) is -0.162. The van der Waals surface area contributed by atoms with Crippen LogP contribution in [0.3, 0.4) is 0 Å². The second kappa shape index (κ2) is 4.72. The van der Waals surface area contributed by atoms with Gasteiger partial charge in [-0.25, -0.2) is 0 Å². The smallest absolute Gasteiger partial charge is 0.305 e. The summed E-state index contributed by atoms with van der Waals surface area (Å²) in [6.07, 6.45) is 4.91. The molecule has 1 heterocycles. The minimum absolute atomic E-state index is 0.162. The van der Waals surface area contributed by atoms with Gasteiger partial charge in [-0.2, -0.15) is 0 Å². The quantitative estimate of drug-likeness (QED) is 0.711. The van der Waals surface area contributed by atoms with E-state index < -0.39 is 5.97 Å². The molecule has 0 bridgehead atoms. The molecule has 1 aliphatic carbocycles.